The molecule has 0 radical (unpaired) electrons. The molecule has 2 rings (SSSR count). The molecule has 0 aliphatic heterocycles. The van der Waals surface area contributed by atoms with E-state index in [1.165, 1.54) is 18.3 Å². The molecular formula is C20H30O2. The summed E-state index contributed by atoms with van der Waals surface area (Å²) in [5.74, 6) is 0.721. The van der Waals surface area contributed by atoms with Gasteiger partial charge in [0, 0.05) is 5.92 Å². The van der Waals surface area contributed by atoms with E-state index in [1.807, 2.05) is 6.92 Å². The fraction of sp³-hybridized carbons (Fsp3) is 0.700. The summed E-state index contributed by atoms with van der Waals surface area (Å²) >= 11 is 0. The first-order chi connectivity index (χ1) is 10.4. The molecule has 0 bridgehead atoms. The number of fused-ring (bicyclic) bond motifs is 1. The molecule has 0 spiro atoms. The van der Waals surface area contributed by atoms with Crippen molar-refractivity contribution in [2.75, 3.05) is 0 Å². The summed E-state index contributed by atoms with van der Waals surface area (Å²) < 4.78 is 0. The van der Waals surface area contributed by atoms with Crippen molar-refractivity contribution < 1.29 is 9.59 Å². The lowest BCUT2D eigenvalue weighted by atomic mass is 9.47. The molecule has 2 nitrogen and oxygen atoms in total. The molecule has 1 fully saturated rings. The average Bonchev–Trinajstić information content (AvgIpc) is 2.48. The second-order valence-electron chi connectivity index (χ2n) is 7.87. The summed E-state index contributed by atoms with van der Waals surface area (Å²) in [6, 6.07) is 0. The standard InChI is InChI=1S/C20H30O2/c1-15(10-13-21)8-11-20(4)17(14-22)9-12-19(3)16(2)6-5-7-18(19)20/h6,10,13-14,17-18H,5,7-9,11-12H2,1-4H3/b15-10-/t17-,18-,19-,20-/m1/s1. The summed E-state index contributed by atoms with van der Waals surface area (Å²) in [6.45, 7) is 9.00. The van der Waals surface area contributed by atoms with E-state index in [1.54, 1.807) is 6.08 Å². The van der Waals surface area contributed by atoms with Crippen LogP contribution >= 0.6 is 0 Å². The number of carbonyl (C=O) groups is 2. The number of aldehydes is 2. The van der Waals surface area contributed by atoms with Crippen LogP contribution in [-0.2, 0) is 9.59 Å². The fourth-order valence-corrected chi connectivity index (χ4v) is 5.01. The van der Waals surface area contributed by atoms with Gasteiger partial charge >= 0.3 is 0 Å². The van der Waals surface area contributed by atoms with Gasteiger partial charge in [-0.05, 0) is 75.2 Å². The van der Waals surface area contributed by atoms with E-state index in [2.05, 4.69) is 26.8 Å². The van der Waals surface area contributed by atoms with Crippen LogP contribution in [0.25, 0.3) is 0 Å². The van der Waals surface area contributed by atoms with Gasteiger partial charge in [-0.1, -0.05) is 31.1 Å². The SMILES string of the molecule is CC1=CCC[C@H]2[C@](C)(CC/C(C)=C\C=O)[C@@H](C=O)CC[C@]12C. The maximum Gasteiger partial charge on any atom is 0.142 e. The van der Waals surface area contributed by atoms with Crippen LogP contribution in [0.4, 0.5) is 0 Å². The van der Waals surface area contributed by atoms with Gasteiger partial charge in [-0.2, -0.15) is 0 Å². The number of rotatable bonds is 5. The highest BCUT2D eigenvalue weighted by Gasteiger charge is 2.54. The Balaban J connectivity index is 2.30. The Kier molecular flexibility index (Phi) is 5.09. The third kappa shape index (κ3) is 2.85. The lowest BCUT2D eigenvalue weighted by Gasteiger charge is -2.57. The summed E-state index contributed by atoms with van der Waals surface area (Å²) in [5.41, 5.74) is 2.92. The number of hydrogen-bond donors (Lipinski definition) is 0. The zero-order valence-corrected chi connectivity index (χ0v) is 14.5. The van der Waals surface area contributed by atoms with E-state index >= 15 is 0 Å². The van der Waals surface area contributed by atoms with Crippen LogP contribution in [-0.4, -0.2) is 12.6 Å². The average molecular weight is 302 g/mol. The maximum absolute atomic E-state index is 11.7. The monoisotopic (exact) mass is 302 g/mol. The molecule has 0 saturated heterocycles. The fourth-order valence-electron chi connectivity index (χ4n) is 5.01. The van der Waals surface area contributed by atoms with Crippen molar-refractivity contribution in [3.8, 4) is 0 Å². The van der Waals surface area contributed by atoms with E-state index in [0.717, 1.165) is 44.0 Å². The van der Waals surface area contributed by atoms with Gasteiger partial charge in [0.15, 0.2) is 0 Å². The van der Waals surface area contributed by atoms with Crippen molar-refractivity contribution in [2.45, 2.75) is 66.2 Å². The molecule has 2 aliphatic carbocycles. The molecule has 1 saturated carbocycles. The highest BCUT2D eigenvalue weighted by atomic mass is 16.1. The van der Waals surface area contributed by atoms with Crippen molar-refractivity contribution >= 4 is 12.6 Å². The Morgan fingerprint density at radius 1 is 1.32 bits per heavy atom. The van der Waals surface area contributed by atoms with Crippen LogP contribution in [0.15, 0.2) is 23.3 Å². The first kappa shape index (κ1) is 17.2. The van der Waals surface area contributed by atoms with Crippen molar-refractivity contribution in [3.63, 3.8) is 0 Å². The molecule has 0 aromatic carbocycles. The first-order valence-electron chi connectivity index (χ1n) is 8.62. The van der Waals surface area contributed by atoms with E-state index < -0.39 is 0 Å². The maximum atomic E-state index is 11.7. The molecular weight excluding hydrogens is 272 g/mol. The van der Waals surface area contributed by atoms with Crippen molar-refractivity contribution in [1.82, 2.24) is 0 Å². The van der Waals surface area contributed by atoms with E-state index in [0.29, 0.717) is 5.92 Å². The molecule has 0 amide bonds. The molecule has 0 heterocycles. The molecule has 2 heteroatoms. The van der Waals surface area contributed by atoms with E-state index in [-0.39, 0.29) is 16.7 Å². The topological polar surface area (TPSA) is 34.1 Å². The lowest BCUT2D eigenvalue weighted by molar-refractivity contribution is -0.124. The van der Waals surface area contributed by atoms with Crippen molar-refractivity contribution in [1.29, 1.82) is 0 Å². The van der Waals surface area contributed by atoms with Crippen LogP contribution in [0.1, 0.15) is 66.2 Å². The first-order valence-corrected chi connectivity index (χ1v) is 8.62. The largest absolute Gasteiger partial charge is 0.303 e. The third-order valence-corrected chi connectivity index (χ3v) is 6.77. The van der Waals surface area contributed by atoms with Gasteiger partial charge in [0.25, 0.3) is 0 Å². The van der Waals surface area contributed by atoms with Crippen LogP contribution in [0.5, 0.6) is 0 Å². The molecule has 0 aromatic heterocycles. The zero-order valence-electron chi connectivity index (χ0n) is 14.5. The minimum atomic E-state index is 0.0439. The van der Waals surface area contributed by atoms with Crippen molar-refractivity contribution in [2.24, 2.45) is 22.7 Å². The molecule has 0 aromatic rings. The van der Waals surface area contributed by atoms with Gasteiger partial charge < -0.3 is 4.79 Å². The summed E-state index contributed by atoms with van der Waals surface area (Å²) in [5, 5.41) is 0. The number of allylic oxidation sites excluding steroid dienone is 4. The van der Waals surface area contributed by atoms with Crippen LogP contribution < -0.4 is 0 Å². The van der Waals surface area contributed by atoms with Gasteiger partial charge in [-0.15, -0.1) is 0 Å². The molecule has 2 aliphatic rings. The van der Waals surface area contributed by atoms with E-state index in [4.69, 9.17) is 0 Å². The molecule has 0 unspecified atom stereocenters. The quantitative estimate of drug-likeness (QED) is 0.411. The van der Waals surface area contributed by atoms with Gasteiger partial charge in [0.1, 0.15) is 12.6 Å². The zero-order chi connectivity index (χ0) is 16.4. The smallest absolute Gasteiger partial charge is 0.142 e. The summed E-state index contributed by atoms with van der Waals surface area (Å²) in [6.07, 6.45) is 12.5. The van der Waals surface area contributed by atoms with Gasteiger partial charge in [0.05, 0.1) is 0 Å². The molecule has 122 valence electrons. The van der Waals surface area contributed by atoms with Gasteiger partial charge in [-0.25, -0.2) is 0 Å². The van der Waals surface area contributed by atoms with Crippen LogP contribution in [0.2, 0.25) is 0 Å². The Bertz CT molecular complexity index is 502. The highest BCUT2D eigenvalue weighted by Crippen LogP contribution is 2.61. The summed E-state index contributed by atoms with van der Waals surface area (Å²) in [7, 11) is 0. The molecule has 4 atom stereocenters. The Labute approximate surface area is 135 Å². The van der Waals surface area contributed by atoms with E-state index in [9.17, 15) is 9.59 Å². The molecule has 0 N–H and O–H groups in total. The number of hydrogen-bond acceptors (Lipinski definition) is 2. The second kappa shape index (κ2) is 6.52. The normalized spacial score (nSPS) is 38.9. The van der Waals surface area contributed by atoms with Gasteiger partial charge in [0.2, 0.25) is 0 Å². The molecule has 22 heavy (non-hydrogen) atoms. The van der Waals surface area contributed by atoms with Crippen LogP contribution in [0.3, 0.4) is 0 Å². The second-order valence-corrected chi connectivity index (χ2v) is 7.87. The number of carbonyl (C=O) groups excluding carboxylic acids is 2. The minimum absolute atomic E-state index is 0.0439. The Hall–Kier alpha value is -1.18. The minimum Gasteiger partial charge on any atom is -0.303 e. The predicted octanol–water partition coefficient (Wildman–Crippen LogP) is 4.89. The summed E-state index contributed by atoms with van der Waals surface area (Å²) in [4.78, 5) is 22.4. The predicted molar refractivity (Wildman–Crippen MR) is 90.5 cm³/mol. The third-order valence-electron chi connectivity index (χ3n) is 6.77. The van der Waals surface area contributed by atoms with Crippen molar-refractivity contribution in [3.05, 3.63) is 23.3 Å². The van der Waals surface area contributed by atoms with Crippen LogP contribution in [0, 0.1) is 22.7 Å². The van der Waals surface area contributed by atoms with Gasteiger partial charge in [-0.3, -0.25) is 4.79 Å². The Morgan fingerprint density at radius 3 is 2.68 bits per heavy atom. The Morgan fingerprint density at radius 2 is 2.05 bits per heavy atom. The lowest BCUT2D eigenvalue weighted by Crippen LogP contribution is -2.50. The highest BCUT2D eigenvalue weighted by molar-refractivity contribution is 5.65.